The predicted molar refractivity (Wildman–Crippen MR) is 110 cm³/mol. The fourth-order valence-corrected chi connectivity index (χ4v) is 4.08. The maximum atomic E-state index is 14.4. The zero-order valence-corrected chi connectivity index (χ0v) is 17.8. The summed E-state index contributed by atoms with van der Waals surface area (Å²) in [7, 11) is 0. The molecule has 5 heterocycles. The summed E-state index contributed by atoms with van der Waals surface area (Å²) in [4.78, 5) is 27.0. The van der Waals surface area contributed by atoms with Crippen molar-refractivity contribution in [1.29, 1.82) is 0 Å². The molecule has 1 amide bonds. The number of hydrogen-bond donors (Lipinski definition) is 1. The number of carbonyl (C=O) groups excluding carboxylic acids is 1. The van der Waals surface area contributed by atoms with Crippen molar-refractivity contribution in [2.45, 2.75) is 45.8 Å². The van der Waals surface area contributed by atoms with Gasteiger partial charge in [-0.1, -0.05) is 6.07 Å². The Kier molecular flexibility index (Phi) is 4.25. The molecular weight excluding hydrogens is 399 g/mol. The topological polar surface area (TPSA) is 92.3 Å². The Morgan fingerprint density at radius 2 is 2.13 bits per heavy atom. The number of aromatic nitrogens is 5. The minimum absolute atomic E-state index is 0.0460. The number of imidazole rings is 1. The fraction of sp³-hybridized carbons (Fsp3) is 0.364. The predicted octanol–water partition coefficient (Wildman–Crippen LogP) is 3.65. The van der Waals surface area contributed by atoms with Gasteiger partial charge in [0, 0.05) is 24.4 Å². The highest BCUT2D eigenvalue weighted by atomic mass is 19.1. The molecule has 0 saturated carbocycles. The Morgan fingerprint density at radius 3 is 2.84 bits per heavy atom. The molecule has 0 fully saturated rings. The molecule has 0 aromatic carbocycles. The van der Waals surface area contributed by atoms with Crippen molar-refractivity contribution in [3.05, 3.63) is 70.7 Å². The first-order valence-electron chi connectivity index (χ1n) is 10.2. The van der Waals surface area contributed by atoms with E-state index in [1.807, 2.05) is 35.7 Å². The van der Waals surface area contributed by atoms with Crippen LogP contribution in [0.1, 0.15) is 64.8 Å². The van der Waals surface area contributed by atoms with Gasteiger partial charge in [0.25, 0.3) is 5.91 Å². The van der Waals surface area contributed by atoms with Crippen LogP contribution in [0.3, 0.4) is 0 Å². The number of carbonyl (C=O) groups is 1. The number of aromatic amines is 1. The molecule has 1 aliphatic rings. The molecule has 1 N–H and O–H groups in total. The normalized spacial score (nSPS) is 16.7. The second kappa shape index (κ2) is 6.76. The number of nitrogens with one attached hydrogen (secondary N) is 1. The Balaban J connectivity index is 1.61. The van der Waals surface area contributed by atoms with E-state index in [9.17, 15) is 9.18 Å². The molecule has 160 valence electrons. The number of fused-ring (bicyclic) bond motifs is 2. The molecule has 0 radical (unpaired) electrons. The Hall–Kier alpha value is -3.49. The van der Waals surface area contributed by atoms with Gasteiger partial charge in [0.15, 0.2) is 5.67 Å². The van der Waals surface area contributed by atoms with Crippen molar-refractivity contribution in [2.24, 2.45) is 0 Å². The third-order valence-electron chi connectivity index (χ3n) is 5.66. The first kappa shape index (κ1) is 19.5. The van der Waals surface area contributed by atoms with Gasteiger partial charge in [0.2, 0.25) is 11.7 Å². The quantitative estimate of drug-likeness (QED) is 0.544. The molecule has 4 aromatic rings. The van der Waals surface area contributed by atoms with Gasteiger partial charge >= 0.3 is 0 Å². The lowest BCUT2D eigenvalue weighted by Crippen LogP contribution is -2.41. The largest absolute Gasteiger partial charge is 0.432 e. The maximum absolute atomic E-state index is 14.4. The van der Waals surface area contributed by atoms with Crippen LogP contribution in [0.5, 0.6) is 0 Å². The standard InChI is InChI=1S/C22H23FN6O2/c1-12-6-5-7-14-10-16(27-29(12)14)18-17-15(24-11-25-17)8-9-28(18)20(30)19-13(2)26-21(31-19)22(3,4)23/h5-7,10-11,18H,8-9H2,1-4H3,(H,24,25)/t18-/m1/s1. The number of alkyl halides is 1. The number of pyridine rings is 1. The monoisotopic (exact) mass is 422 g/mol. The minimum atomic E-state index is -1.78. The number of oxazole rings is 1. The second-order valence-electron chi connectivity index (χ2n) is 8.40. The average Bonchev–Trinajstić information content (AvgIpc) is 3.44. The number of amides is 1. The van der Waals surface area contributed by atoms with Gasteiger partial charge < -0.3 is 14.3 Å². The van der Waals surface area contributed by atoms with E-state index < -0.39 is 11.7 Å². The van der Waals surface area contributed by atoms with E-state index in [0.717, 1.165) is 22.6 Å². The molecule has 0 aliphatic carbocycles. The Labute approximate surface area is 178 Å². The van der Waals surface area contributed by atoms with Crippen molar-refractivity contribution < 1.29 is 13.6 Å². The van der Waals surface area contributed by atoms with Gasteiger partial charge in [0.05, 0.1) is 28.9 Å². The smallest absolute Gasteiger partial charge is 0.292 e. The van der Waals surface area contributed by atoms with Crippen LogP contribution in [-0.2, 0) is 12.1 Å². The van der Waals surface area contributed by atoms with Gasteiger partial charge in [-0.05, 0) is 45.9 Å². The first-order chi connectivity index (χ1) is 14.7. The average molecular weight is 422 g/mol. The van der Waals surface area contributed by atoms with Crippen LogP contribution in [0.15, 0.2) is 35.0 Å². The number of rotatable bonds is 3. The summed E-state index contributed by atoms with van der Waals surface area (Å²) < 4.78 is 21.8. The highest BCUT2D eigenvalue weighted by molar-refractivity contribution is 5.93. The van der Waals surface area contributed by atoms with Crippen molar-refractivity contribution in [1.82, 2.24) is 29.5 Å². The molecule has 5 rings (SSSR count). The van der Waals surface area contributed by atoms with Gasteiger partial charge in [-0.2, -0.15) is 5.10 Å². The maximum Gasteiger partial charge on any atom is 0.292 e. The summed E-state index contributed by atoms with van der Waals surface area (Å²) in [6, 6.07) is 7.39. The Morgan fingerprint density at radius 1 is 1.32 bits per heavy atom. The van der Waals surface area contributed by atoms with Gasteiger partial charge in [-0.15, -0.1) is 0 Å². The SMILES string of the molecule is Cc1nc(C(C)(C)F)oc1C(=O)N1CCc2[nH]cnc2[C@H]1c1cc2cccc(C)n2n1. The van der Waals surface area contributed by atoms with E-state index in [0.29, 0.717) is 24.4 Å². The highest BCUT2D eigenvalue weighted by Gasteiger charge is 2.39. The van der Waals surface area contributed by atoms with Crippen molar-refractivity contribution in [3.63, 3.8) is 0 Å². The molecule has 0 spiro atoms. The van der Waals surface area contributed by atoms with E-state index in [1.54, 1.807) is 18.2 Å². The van der Waals surface area contributed by atoms with Crippen molar-refractivity contribution in [2.75, 3.05) is 6.54 Å². The highest BCUT2D eigenvalue weighted by Crippen LogP contribution is 2.35. The second-order valence-corrected chi connectivity index (χ2v) is 8.40. The molecule has 0 unspecified atom stereocenters. The lowest BCUT2D eigenvalue weighted by atomic mass is 9.99. The molecule has 8 nitrogen and oxygen atoms in total. The molecule has 1 atom stereocenters. The van der Waals surface area contributed by atoms with Crippen LogP contribution in [0.2, 0.25) is 0 Å². The number of nitrogens with zero attached hydrogens (tertiary/aromatic N) is 5. The zero-order valence-electron chi connectivity index (χ0n) is 17.8. The van der Waals surface area contributed by atoms with Gasteiger partial charge in [-0.25, -0.2) is 18.9 Å². The molecule has 0 saturated heterocycles. The minimum Gasteiger partial charge on any atom is -0.432 e. The van der Waals surface area contributed by atoms with Crippen molar-refractivity contribution >= 4 is 11.4 Å². The van der Waals surface area contributed by atoms with Crippen molar-refractivity contribution in [3.8, 4) is 0 Å². The van der Waals surface area contributed by atoms with Gasteiger partial charge in [0.1, 0.15) is 6.04 Å². The van der Waals surface area contributed by atoms with Crippen LogP contribution in [-0.4, -0.2) is 41.9 Å². The summed E-state index contributed by atoms with van der Waals surface area (Å²) in [5, 5.41) is 4.77. The summed E-state index contributed by atoms with van der Waals surface area (Å²) in [6.07, 6.45) is 2.26. The van der Waals surface area contributed by atoms with E-state index in [-0.39, 0.29) is 17.6 Å². The lowest BCUT2D eigenvalue weighted by molar-refractivity contribution is 0.0642. The number of aryl methyl sites for hydroxylation is 2. The molecular formula is C22H23FN6O2. The number of halogens is 1. The molecule has 31 heavy (non-hydrogen) atoms. The summed E-state index contributed by atoms with van der Waals surface area (Å²) in [5.41, 5.74) is 2.94. The lowest BCUT2D eigenvalue weighted by Gasteiger charge is -2.33. The zero-order chi connectivity index (χ0) is 21.9. The Bertz CT molecular complexity index is 1300. The van der Waals surface area contributed by atoms with Crippen LogP contribution in [0.25, 0.3) is 5.52 Å². The van der Waals surface area contributed by atoms with Crippen LogP contribution >= 0.6 is 0 Å². The molecule has 9 heteroatoms. The number of H-pyrrole nitrogens is 1. The third kappa shape index (κ3) is 3.11. The summed E-state index contributed by atoms with van der Waals surface area (Å²) in [5.74, 6) is -0.414. The summed E-state index contributed by atoms with van der Waals surface area (Å²) in [6.45, 7) is 6.78. The third-order valence-corrected chi connectivity index (χ3v) is 5.66. The molecule has 4 aromatic heterocycles. The van der Waals surface area contributed by atoms with E-state index >= 15 is 0 Å². The van der Waals surface area contributed by atoms with E-state index in [1.165, 1.54) is 13.8 Å². The van der Waals surface area contributed by atoms with Crippen LogP contribution < -0.4 is 0 Å². The molecule has 1 aliphatic heterocycles. The van der Waals surface area contributed by atoms with E-state index in [4.69, 9.17) is 9.52 Å². The summed E-state index contributed by atoms with van der Waals surface area (Å²) >= 11 is 0. The van der Waals surface area contributed by atoms with E-state index in [2.05, 4.69) is 15.0 Å². The van der Waals surface area contributed by atoms with Crippen LogP contribution in [0, 0.1) is 13.8 Å². The van der Waals surface area contributed by atoms with Crippen LogP contribution in [0.4, 0.5) is 4.39 Å². The number of hydrogen-bond acceptors (Lipinski definition) is 5. The first-order valence-corrected chi connectivity index (χ1v) is 10.2. The fourth-order valence-electron chi connectivity index (χ4n) is 4.08. The van der Waals surface area contributed by atoms with Gasteiger partial charge in [-0.3, -0.25) is 4.79 Å². The molecule has 0 bridgehead atoms.